The van der Waals surface area contributed by atoms with E-state index in [1.165, 1.54) is 23.3 Å². The molecule has 0 aliphatic carbocycles. The van der Waals surface area contributed by atoms with Crippen molar-refractivity contribution < 1.29 is 28.6 Å². The summed E-state index contributed by atoms with van der Waals surface area (Å²) >= 11 is 1.30. The number of esters is 1. The van der Waals surface area contributed by atoms with E-state index in [0.29, 0.717) is 28.3 Å². The number of nitrogens with two attached hydrogens (primary N) is 1. The Morgan fingerprint density at radius 3 is 2.71 bits per heavy atom. The summed E-state index contributed by atoms with van der Waals surface area (Å²) < 4.78 is 16.7. The van der Waals surface area contributed by atoms with E-state index >= 15 is 0 Å². The molecule has 164 valence electrons. The predicted octanol–water partition coefficient (Wildman–Crippen LogP) is 3.03. The number of nitrogens with zero attached hydrogens (tertiary/aromatic N) is 1. The van der Waals surface area contributed by atoms with Crippen molar-refractivity contribution >= 4 is 34.1 Å². The Kier molecular flexibility index (Phi) is 5.26. The van der Waals surface area contributed by atoms with Crippen molar-refractivity contribution in [2.75, 3.05) is 19.4 Å². The first-order valence-electron chi connectivity index (χ1n) is 9.89. The van der Waals surface area contributed by atoms with E-state index in [0.717, 1.165) is 10.4 Å². The number of nitrogen functional groups attached to an aromatic ring is 1. The standard InChI is InChI=1S/C22H24N2O6S/c1-22(2,3)30-21(27)17-13-8-11(29-10-15(13)31-18(17)23)9-24-19(25)12-6-5-7-14(28-4)16(12)20(24)26/h5-7,11H,8-10,23H2,1-4H3. The maximum atomic E-state index is 12.9. The van der Waals surface area contributed by atoms with Gasteiger partial charge in [-0.1, -0.05) is 6.07 Å². The van der Waals surface area contributed by atoms with E-state index in [4.69, 9.17) is 19.9 Å². The predicted molar refractivity (Wildman–Crippen MR) is 115 cm³/mol. The van der Waals surface area contributed by atoms with Gasteiger partial charge in [0.1, 0.15) is 16.4 Å². The Bertz CT molecular complexity index is 1080. The van der Waals surface area contributed by atoms with E-state index < -0.39 is 23.6 Å². The monoisotopic (exact) mass is 444 g/mol. The van der Waals surface area contributed by atoms with Gasteiger partial charge < -0.3 is 19.9 Å². The number of rotatable bonds is 4. The van der Waals surface area contributed by atoms with Crippen molar-refractivity contribution in [2.45, 2.75) is 45.5 Å². The number of benzene rings is 1. The van der Waals surface area contributed by atoms with Crippen LogP contribution in [-0.2, 0) is 22.5 Å². The molecule has 2 aliphatic heterocycles. The molecule has 0 fully saturated rings. The molecule has 8 nitrogen and oxygen atoms in total. The van der Waals surface area contributed by atoms with Gasteiger partial charge in [-0.05, 0) is 38.5 Å². The van der Waals surface area contributed by atoms with Gasteiger partial charge in [0.25, 0.3) is 11.8 Å². The highest BCUT2D eigenvalue weighted by Crippen LogP contribution is 2.38. The number of amides is 2. The molecule has 9 heteroatoms. The number of carbonyl (C=O) groups excluding carboxylic acids is 3. The molecule has 2 aliphatic rings. The Balaban J connectivity index is 1.56. The molecule has 0 saturated heterocycles. The first kappa shape index (κ1) is 21.3. The Morgan fingerprint density at radius 2 is 2.03 bits per heavy atom. The molecular weight excluding hydrogens is 420 g/mol. The van der Waals surface area contributed by atoms with Crippen molar-refractivity contribution in [3.05, 3.63) is 45.3 Å². The number of hydrogen-bond acceptors (Lipinski definition) is 8. The highest BCUT2D eigenvalue weighted by Gasteiger charge is 2.40. The van der Waals surface area contributed by atoms with Gasteiger partial charge in [0, 0.05) is 11.3 Å². The van der Waals surface area contributed by atoms with Crippen molar-refractivity contribution in [1.82, 2.24) is 4.90 Å². The lowest BCUT2D eigenvalue weighted by Gasteiger charge is -2.27. The van der Waals surface area contributed by atoms with Gasteiger partial charge in [0.15, 0.2) is 0 Å². The molecule has 2 aromatic rings. The van der Waals surface area contributed by atoms with Crippen molar-refractivity contribution in [3.63, 3.8) is 0 Å². The summed E-state index contributed by atoms with van der Waals surface area (Å²) in [5.74, 6) is -0.911. The fourth-order valence-electron chi connectivity index (χ4n) is 3.86. The van der Waals surface area contributed by atoms with E-state index in [1.54, 1.807) is 39.0 Å². The fourth-order valence-corrected chi connectivity index (χ4v) is 4.87. The second-order valence-corrected chi connectivity index (χ2v) is 9.62. The Morgan fingerprint density at radius 1 is 1.29 bits per heavy atom. The number of ether oxygens (including phenoxy) is 3. The summed E-state index contributed by atoms with van der Waals surface area (Å²) in [6.45, 7) is 5.70. The SMILES string of the molecule is COc1cccc2c1C(=O)N(CC1Cc3c(sc(N)c3C(=O)OC(C)(C)C)CO1)C2=O. The molecule has 0 spiro atoms. The van der Waals surface area contributed by atoms with Gasteiger partial charge in [-0.3, -0.25) is 14.5 Å². The van der Waals surface area contributed by atoms with Crippen LogP contribution in [0.5, 0.6) is 5.75 Å². The number of thiophene rings is 1. The molecule has 1 aromatic heterocycles. The summed E-state index contributed by atoms with van der Waals surface area (Å²) in [6.07, 6.45) is -0.113. The summed E-state index contributed by atoms with van der Waals surface area (Å²) in [4.78, 5) is 40.5. The second kappa shape index (κ2) is 7.65. The molecule has 3 heterocycles. The van der Waals surface area contributed by atoms with Crippen LogP contribution < -0.4 is 10.5 Å². The van der Waals surface area contributed by atoms with Crippen LogP contribution in [0.15, 0.2) is 18.2 Å². The molecule has 2 N–H and O–H groups in total. The molecule has 1 aromatic carbocycles. The van der Waals surface area contributed by atoms with Gasteiger partial charge >= 0.3 is 5.97 Å². The quantitative estimate of drug-likeness (QED) is 0.570. The highest BCUT2D eigenvalue weighted by atomic mass is 32.1. The van der Waals surface area contributed by atoms with E-state index in [2.05, 4.69) is 0 Å². The molecule has 0 saturated carbocycles. The number of imide groups is 1. The molecular formula is C22H24N2O6S. The summed E-state index contributed by atoms with van der Waals surface area (Å²) in [5.41, 5.74) is 7.16. The number of methoxy groups -OCH3 is 1. The zero-order valence-corrected chi connectivity index (χ0v) is 18.6. The average Bonchev–Trinajstić information content (AvgIpc) is 3.15. The number of anilines is 1. The molecule has 2 amide bonds. The third-order valence-corrected chi connectivity index (χ3v) is 6.20. The van der Waals surface area contributed by atoms with Crippen LogP contribution in [0.2, 0.25) is 0 Å². The van der Waals surface area contributed by atoms with Crippen LogP contribution in [-0.4, -0.2) is 48.0 Å². The second-order valence-electron chi connectivity index (χ2n) is 8.49. The van der Waals surface area contributed by atoms with Gasteiger partial charge in [-0.25, -0.2) is 4.79 Å². The maximum Gasteiger partial charge on any atom is 0.341 e. The Labute approximate surface area is 183 Å². The van der Waals surface area contributed by atoms with Crippen LogP contribution in [0.4, 0.5) is 5.00 Å². The molecule has 0 radical (unpaired) electrons. The summed E-state index contributed by atoms with van der Waals surface area (Å²) in [6, 6.07) is 4.94. The molecule has 4 rings (SSSR count). The Hall–Kier alpha value is -2.91. The van der Waals surface area contributed by atoms with Gasteiger partial charge in [0.2, 0.25) is 0 Å². The van der Waals surface area contributed by atoms with Crippen molar-refractivity contribution in [1.29, 1.82) is 0 Å². The molecule has 0 bridgehead atoms. The highest BCUT2D eigenvalue weighted by molar-refractivity contribution is 7.16. The number of hydrogen-bond donors (Lipinski definition) is 1. The van der Waals surface area contributed by atoms with Crippen LogP contribution in [0.3, 0.4) is 0 Å². The fraction of sp³-hybridized carbons (Fsp3) is 0.409. The number of carbonyl (C=O) groups is 3. The minimum absolute atomic E-state index is 0.0679. The molecule has 31 heavy (non-hydrogen) atoms. The lowest BCUT2D eigenvalue weighted by atomic mass is 10.0. The minimum atomic E-state index is -0.651. The number of fused-ring (bicyclic) bond motifs is 2. The van der Waals surface area contributed by atoms with Crippen LogP contribution in [0.25, 0.3) is 0 Å². The largest absolute Gasteiger partial charge is 0.496 e. The van der Waals surface area contributed by atoms with E-state index in [-0.39, 0.29) is 24.6 Å². The molecule has 1 unspecified atom stereocenters. The zero-order valence-electron chi connectivity index (χ0n) is 17.8. The summed E-state index contributed by atoms with van der Waals surface area (Å²) in [7, 11) is 1.46. The summed E-state index contributed by atoms with van der Waals surface area (Å²) in [5, 5.41) is 0.383. The third-order valence-electron chi connectivity index (χ3n) is 5.17. The van der Waals surface area contributed by atoms with Crippen LogP contribution in [0.1, 0.15) is 62.3 Å². The average molecular weight is 445 g/mol. The minimum Gasteiger partial charge on any atom is -0.496 e. The van der Waals surface area contributed by atoms with Crippen LogP contribution >= 0.6 is 11.3 Å². The lowest BCUT2D eigenvalue weighted by molar-refractivity contribution is 0.00351. The van der Waals surface area contributed by atoms with Crippen molar-refractivity contribution in [2.24, 2.45) is 0 Å². The van der Waals surface area contributed by atoms with Gasteiger partial charge in [-0.2, -0.15) is 0 Å². The first-order valence-corrected chi connectivity index (χ1v) is 10.7. The van der Waals surface area contributed by atoms with Gasteiger partial charge in [-0.15, -0.1) is 11.3 Å². The zero-order chi connectivity index (χ0) is 22.5. The smallest absolute Gasteiger partial charge is 0.341 e. The third kappa shape index (κ3) is 3.79. The molecule has 1 atom stereocenters. The van der Waals surface area contributed by atoms with Crippen LogP contribution in [0, 0.1) is 0 Å². The van der Waals surface area contributed by atoms with Gasteiger partial charge in [0.05, 0.1) is 43.1 Å². The maximum absolute atomic E-state index is 12.9. The lowest BCUT2D eigenvalue weighted by Crippen LogP contribution is -2.40. The van der Waals surface area contributed by atoms with E-state index in [1.807, 2.05) is 0 Å². The first-order chi connectivity index (χ1) is 14.6. The normalized spacial score (nSPS) is 18.1. The topological polar surface area (TPSA) is 108 Å². The van der Waals surface area contributed by atoms with E-state index in [9.17, 15) is 14.4 Å². The van der Waals surface area contributed by atoms with Crippen molar-refractivity contribution in [3.8, 4) is 5.75 Å².